The molecule has 0 aliphatic rings. The number of ether oxygens (including phenoxy) is 1. The van der Waals surface area contributed by atoms with E-state index in [2.05, 4.69) is 12.2 Å². The van der Waals surface area contributed by atoms with Gasteiger partial charge in [-0.05, 0) is 37.4 Å². The highest BCUT2D eigenvalue weighted by Gasteiger charge is 2.10. The second-order valence-corrected chi connectivity index (χ2v) is 4.38. The standard InChI is InChI=1S/C14H21F2NO/c1-3-8-17-13(10-18-2)7-5-11-4-6-12(15)9-14(11)16/h4,6,9,13,17H,3,5,7-8,10H2,1-2H3. The van der Waals surface area contributed by atoms with Crippen molar-refractivity contribution in [2.24, 2.45) is 0 Å². The molecule has 1 aromatic carbocycles. The fourth-order valence-electron chi connectivity index (χ4n) is 1.85. The molecule has 0 spiro atoms. The van der Waals surface area contributed by atoms with Crippen molar-refractivity contribution in [3.8, 4) is 0 Å². The Morgan fingerprint density at radius 3 is 2.72 bits per heavy atom. The minimum Gasteiger partial charge on any atom is -0.383 e. The molecular weight excluding hydrogens is 236 g/mol. The molecule has 0 aromatic heterocycles. The van der Waals surface area contributed by atoms with Crippen LogP contribution in [0.15, 0.2) is 18.2 Å². The molecule has 0 aliphatic heterocycles. The normalized spacial score (nSPS) is 12.7. The highest BCUT2D eigenvalue weighted by molar-refractivity contribution is 5.18. The predicted molar refractivity (Wildman–Crippen MR) is 68.6 cm³/mol. The largest absolute Gasteiger partial charge is 0.383 e. The lowest BCUT2D eigenvalue weighted by molar-refractivity contribution is 0.162. The molecule has 1 rings (SSSR count). The van der Waals surface area contributed by atoms with Gasteiger partial charge in [0.15, 0.2) is 0 Å². The number of hydrogen-bond donors (Lipinski definition) is 1. The summed E-state index contributed by atoms with van der Waals surface area (Å²) in [5.74, 6) is -1.00. The van der Waals surface area contributed by atoms with E-state index in [1.165, 1.54) is 12.1 Å². The van der Waals surface area contributed by atoms with E-state index in [4.69, 9.17) is 4.74 Å². The monoisotopic (exact) mass is 257 g/mol. The molecule has 4 heteroatoms. The van der Waals surface area contributed by atoms with Crippen molar-refractivity contribution in [1.29, 1.82) is 0 Å². The summed E-state index contributed by atoms with van der Waals surface area (Å²) >= 11 is 0. The lowest BCUT2D eigenvalue weighted by Crippen LogP contribution is -2.34. The van der Waals surface area contributed by atoms with E-state index in [1.807, 2.05) is 0 Å². The third-order valence-electron chi connectivity index (χ3n) is 2.83. The molecule has 0 heterocycles. The van der Waals surface area contributed by atoms with E-state index < -0.39 is 11.6 Å². The van der Waals surface area contributed by atoms with Crippen LogP contribution < -0.4 is 5.32 Å². The predicted octanol–water partition coefficient (Wildman–Crippen LogP) is 2.91. The molecule has 1 atom stereocenters. The second-order valence-electron chi connectivity index (χ2n) is 4.38. The lowest BCUT2D eigenvalue weighted by atomic mass is 10.0. The van der Waals surface area contributed by atoms with Gasteiger partial charge in [0, 0.05) is 19.2 Å². The van der Waals surface area contributed by atoms with Crippen molar-refractivity contribution < 1.29 is 13.5 Å². The summed E-state index contributed by atoms with van der Waals surface area (Å²) in [6, 6.07) is 3.94. The van der Waals surface area contributed by atoms with Gasteiger partial charge < -0.3 is 10.1 Å². The third kappa shape index (κ3) is 5.10. The molecule has 0 amide bonds. The van der Waals surface area contributed by atoms with Gasteiger partial charge in [-0.2, -0.15) is 0 Å². The molecule has 0 radical (unpaired) electrons. The molecule has 18 heavy (non-hydrogen) atoms. The summed E-state index contributed by atoms with van der Waals surface area (Å²) in [5.41, 5.74) is 0.552. The maximum atomic E-state index is 13.4. The van der Waals surface area contributed by atoms with E-state index in [-0.39, 0.29) is 6.04 Å². The van der Waals surface area contributed by atoms with Crippen molar-refractivity contribution in [2.75, 3.05) is 20.3 Å². The van der Waals surface area contributed by atoms with Crippen LogP contribution in [0.1, 0.15) is 25.3 Å². The van der Waals surface area contributed by atoms with Crippen molar-refractivity contribution in [1.82, 2.24) is 5.32 Å². The van der Waals surface area contributed by atoms with E-state index >= 15 is 0 Å². The van der Waals surface area contributed by atoms with Crippen molar-refractivity contribution in [3.05, 3.63) is 35.4 Å². The molecule has 1 N–H and O–H groups in total. The van der Waals surface area contributed by atoms with Crippen LogP contribution in [0.25, 0.3) is 0 Å². The molecule has 0 bridgehead atoms. The van der Waals surface area contributed by atoms with E-state index in [9.17, 15) is 8.78 Å². The fourth-order valence-corrected chi connectivity index (χ4v) is 1.85. The molecule has 0 saturated carbocycles. The fraction of sp³-hybridized carbons (Fsp3) is 0.571. The number of hydrogen-bond acceptors (Lipinski definition) is 2. The van der Waals surface area contributed by atoms with Gasteiger partial charge >= 0.3 is 0 Å². The Labute approximate surface area is 107 Å². The Kier molecular flexibility index (Phi) is 6.83. The molecule has 0 aliphatic carbocycles. The van der Waals surface area contributed by atoms with E-state index in [0.29, 0.717) is 18.6 Å². The van der Waals surface area contributed by atoms with E-state index in [0.717, 1.165) is 25.5 Å². The molecule has 0 saturated heterocycles. The quantitative estimate of drug-likeness (QED) is 0.773. The van der Waals surface area contributed by atoms with Crippen molar-refractivity contribution in [3.63, 3.8) is 0 Å². The van der Waals surface area contributed by atoms with Gasteiger partial charge in [0.2, 0.25) is 0 Å². The van der Waals surface area contributed by atoms with Crippen LogP contribution in [0.3, 0.4) is 0 Å². The van der Waals surface area contributed by atoms with Gasteiger partial charge in [-0.1, -0.05) is 13.0 Å². The zero-order chi connectivity index (χ0) is 13.4. The number of benzene rings is 1. The number of halogens is 2. The minimum absolute atomic E-state index is 0.208. The van der Waals surface area contributed by atoms with Gasteiger partial charge in [0.1, 0.15) is 11.6 Å². The van der Waals surface area contributed by atoms with E-state index in [1.54, 1.807) is 7.11 Å². The topological polar surface area (TPSA) is 21.3 Å². The highest BCUT2D eigenvalue weighted by Crippen LogP contribution is 2.12. The molecule has 102 valence electrons. The Balaban J connectivity index is 2.49. The molecular formula is C14H21F2NO. The first-order valence-electron chi connectivity index (χ1n) is 6.33. The Morgan fingerprint density at radius 1 is 1.33 bits per heavy atom. The number of aryl methyl sites for hydroxylation is 1. The van der Waals surface area contributed by atoms with Gasteiger partial charge in [0.05, 0.1) is 6.61 Å². The van der Waals surface area contributed by atoms with Gasteiger partial charge in [0.25, 0.3) is 0 Å². The number of nitrogens with one attached hydrogen (secondary N) is 1. The van der Waals surface area contributed by atoms with Crippen LogP contribution in [0.5, 0.6) is 0 Å². The van der Waals surface area contributed by atoms with Crippen LogP contribution in [0.4, 0.5) is 8.78 Å². The van der Waals surface area contributed by atoms with Crippen LogP contribution in [-0.2, 0) is 11.2 Å². The summed E-state index contributed by atoms with van der Waals surface area (Å²) < 4.78 is 31.3. The second kappa shape index (κ2) is 8.16. The average molecular weight is 257 g/mol. The highest BCUT2D eigenvalue weighted by atomic mass is 19.1. The SMILES string of the molecule is CCCNC(CCc1ccc(F)cc1F)COC. The molecule has 1 unspecified atom stereocenters. The zero-order valence-corrected chi connectivity index (χ0v) is 11.0. The van der Waals surface area contributed by atoms with Gasteiger partial charge in [-0.25, -0.2) is 8.78 Å². The van der Waals surface area contributed by atoms with Crippen molar-refractivity contribution in [2.45, 2.75) is 32.2 Å². The maximum absolute atomic E-state index is 13.4. The molecule has 0 fully saturated rings. The summed E-state index contributed by atoms with van der Waals surface area (Å²) in [5, 5.41) is 3.35. The van der Waals surface area contributed by atoms with Crippen LogP contribution in [-0.4, -0.2) is 26.3 Å². The Morgan fingerprint density at radius 2 is 2.11 bits per heavy atom. The zero-order valence-electron chi connectivity index (χ0n) is 11.0. The summed E-state index contributed by atoms with van der Waals surface area (Å²) in [6.45, 7) is 3.61. The lowest BCUT2D eigenvalue weighted by Gasteiger charge is -2.17. The minimum atomic E-state index is -0.534. The number of methoxy groups -OCH3 is 1. The maximum Gasteiger partial charge on any atom is 0.129 e. The average Bonchev–Trinajstić information content (AvgIpc) is 2.34. The van der Waals surface area contributed by atoms with Gasteiger partial charge in [-0.3, -0.25) is 0 Å². The molecule has 2 nitrogen and oxygen atoms in total. The summed E-state index contributed by atoms with van der Waals surface area (Å²) in [7, 11) is 1.65. The number of rotatable bonds is 8. The van der Waals surface area contributed by atoms with Crippen LogP contribution >= 0.6 is 0 Å². The third-order valence-corrected chi connectivity index (χ3v) is 2.83. The molecule has 1 aromatic rings. The summed E-state index contributed by atoms with van der Waals surface area (Å²) in [4.78, 5) is 0. The van der Waals surface area contributed by atoms with Crippen molar-refractivity contribution >= 4 is 0 Å². The smallest absolute Gasteiger partial charge is 0.129 e. The first-order valence-corrected chi connectivity index (χ1v) is 6.33. The first kappa shape index (κ1) is 15.1. The van der Waals surface area contributed by atoms with Crippen LogP contribution in [0, 0.1) is 11.6 Å². The summed E-state index contributed by atoms with van der Waals surface area (Å²) in [6.07, 6.45) is 2.40. The Hall–Kier alpha value is -1.00. The van der Waals surface area contributed by atoms with Crippen LogP contribution in [0.2, 0.25) is 0 Å². The first-order chi connectivity index (χ1) is 8.67. The Bertz CT molecular complexity index is 358. The van der Waals surface area contributed by atoms with Gasteiger partial charge in [-0.15, -0.1) is 0 Å².